The Balaban J connectivity index is 1.82. The van der Waals surface area contributed by atoms with Gasteiger partial charge in [-0.2, -0.15) is 0 Å². The van der Waals surface area contributed by atoms with Crippen molar-refractivity contribution in [3.05, 3.63) is 24.3 Å². The molecule has 0 aliphatic heterocycles. The van der Waals surface area contributed by atoms with Gasteiger partial charge in [-0.1, -0.05) is 32.1 Å². The molecule has 0 spiro atoms. The summed E-state index contributed by atoms with van der Waals surface area (Å²) >= 11 is 0. The van der Waals surface area contributed by atoms with Crippen LogP contribution in [0.4, 0.5) is 5.69 Å². The van der Waals surface area contributed by atoms with Gasteiger partial charge in [-0.3, -0.25) is 4.99 Å². The average molecular weight is 231 g/mol. The fourth-order valence-corrected chi connectivity index (χ4v) is 2.40. The van der Waals surface area contributed by atoms with Crippen molar-refractivity contribution < 1.29 is 4.74 Å². The molecule has 1 aliphatic carbocycles. The van der Waals surface area contributed by atoms with E-state index in [0.717, 1.165) is 23.8 Å². The third-order valence-corrected chi connectivity index (χ3v) is 3.48. The summed E-state index contributed by atoms with van der Waals surface area (Å²) in [6, 6.07) is 7.90. The molecule has 1 aromatic carbocycles. The van der Waals surface area contributed by atoms with E-state index in [9.17, 15) is 0 Å². The summed E-state index contributed by atoms with van der Waals surface area (Å²) in [4.78, 5) is 4.50. The number of ether oxygens (including phenoxy) is 1. The minimum Gasteiger partial charge on any atom is -0.497 e. The molecule has 1 saturated carbocycles. The fourth-order valence-electron chi connectivity index (χ4n) is 2.40. The summed E-state index contributed by atoms with van der Waals surface area (Å²) in [5.41, 5.74) is 1.02. The quantitative estimate of drug-likeness (QED) is 0.705. The normalized spacial score (nSPS) is 17.5. The zero-order valence-electron chi connectivity index (χ0n) is 10.6. The molecule has 0 N–H and O–H groups in total. The van der Waals surface area contributed by atoms with Crippen LogP contribution in [0.15, 0.2) is 29.3 Å². The first-order valence-corrected chi connectivity index (χ1v) is 6.55. The SMILES string of the molecule is COc1ccc(N=CCC2CCCCC2)cc1. The third-order valence-electron chi connectivity index (χ3n) is 3.48. The maximum atomic E-state index is 5.12. The summed E-state index contributed by atoms with van der Waals surface area (Å²) in [5, 5.41) is 0. The summed E-state index contributed by atoms with van der Waals surface area (Å²) in [6.45, 7) is 0. The van der Waals surface area contributed by atoms with Crippen LogP contribution in [-0.4, -0.2) is 13.3 Å². The van der Waals surface area contributed by atoms with Gasteiger partial charge in [0.1, 0.15) is 5.75 Å². The topological polar surface area (TPSA) is 21.6 Å². The molecule has 2 heteroatoms. The molecule has 0 heterocycles. The number of hydrogen-bond donors (Lipinski definition) is 0. The maximum absolute atomic E-state index is 5.12. The van der Waals surface area contributed by atoms with E-state index >= 15 is 0 Å². The Morgan fingerprint density at radius 3 is 2.53 bits per heavy atom. The molecule has 0 atom stereocenters. The Bertz CT molecular complexity index is 350. The molecule has 17 heavy (non-hydrogen) atoms. The van der Waals surface area contributed by atoms with Crippen LogP contribution in [0.3, 0.4) is 0 Å². The van der Waals surface area contributed by atoms with Crippen molar-refractivity contribution in [3.63, 3.8) is 0 Å². The van der Waals surface area contributed by atoms with Crippen molar-refractivity contribution in [1.29, 1.82) is 0 Å². The van der Waals surface area contributed by atoms with E-state index in [1.165, 1.54) is 32.1 Å². The number of benzene rings is 1. The van der Waals surface area contributed by atoms with Crippen LogP contribution >= 0.6 is 0 Å². The predicted molar refractivity (Wildman–Crippen MR) is 72.3 cm³/mol. The van der Waals surface area contributed by atoms with Gasteiger partial charge in [-0.15, -0.1) is 0 Å². The fraction of sp³-hybridized carbons (Fsp3) is 0.533. The molecule has 0 radical (unpaired) electrons. The van der Waals surface area contributed by atoms with E-state index < -0.39 is 0 Å². The molecule has 92 valence electrons. The van der Waals surface area contributed by atoms with Gasteiger partial charge in [-0.25, -0.2) is 0 Å². The second kappa shape index (κ2) is 6.43. The summed E-state index contributed by atoms with van der Waals surface area (Å²) in [6.07, 6.45) is 10.2. The lowest BCUT2D eigenvalue weighted by Crippen LogP contribution is -2.06. The second-order valence-electron chi connectivity index (χ2n) is 4.75. The van der Waals surface area contributed by atoms with Crippen LogP contribution in [0.2, 0.25) is 0 Å². The summed E-state index contributed by atoms with van der Waals surface area (Å²) in [5.74, 6) is 1.75. The van der Waals surface area contributed by atoms with E-state index in [0.29, 0.717) is 0 Å². The van der Waals surface area contributed by atoms with E-state index in [2.05, 4.69) is 11.2 Å². The zero-order chi connectivity index (χ0) is 11.9. The molecular formula is C15H21NO. The lowest BCUT2D eigenvalue weighted by molar-refractivity contribution is 0.370. The lowest BCUT2D eigenvalue weighted by atomic mass is 9.87. The molecule has 0 bridgehead atoms. The van der Waals surface area contributed by atoms with Crippen molar-refractivity contribution in [1.82, 2.24) is 0 Å². The molecular weight excluding hydrogens is 210 g/mol. The van der Waals surface area contributed by atoms with Crippen LogP contribution in [0.1, 0.15) is 38.5 Å². The van der Waals surface area contributed by atoms with Crippen LogP contribution in [0.5, 0.6) is 5.75 Å². The highest BCUT2D eigenvalue weighted by molar-refractivity contribution is 5.63. The lowest BCUT2D eigenvalue weighted by Gasteiger charge is -2.19. The van der Waals surface area contributed by atoms with Crippen LogP contribution in [0.25, 0.3) is 0 Å². The van der Waals surface area contributed by atoms with Gasteiger partial charge in [0.25, 0.3) is 0 Å². The van der Waals surface area contributed by atoms with Crippen LogP contribution in [-0.2, 0) is 0 Å². The van der Waals surface area contributed by atoms with Crippen molar-refractivity contribution in [2.45, 2.75) is 38.5 Å². The monoisotopic (exact) mass is 231 g/mol. The Morgan fingerprint density at radius 2 is 1.88 bits per heavy atom. The molecule has 0 aromatic heterocycles. The largest absolute Gasteiger partial charge is 0.497 e. The van der Waals surface area contributed by atoms with Gasteiger partial charge in [0, 0.05) is 6.21 Å². The highest BCUT2D eigenvalue weighted by Gasteiger charge is 2.11. The van der Waals surface area contributed by atoms with Crippen molar-refractivity contribution >= 4 is 11.9 Å². The van der Waals surface area contributed by atoms with Gasteiger partial charge in [0.2, 0.25) is 0 Å². The molecule has 2 nitrogen and oxygen atoms in total. The van der Waals surface area contributed by atoms with Crippen LogP contribution < -0.4 is 4.74 Å². The number of aliphatic imine (C=N–C) groups is 1. The Labute approximate surface area is 104 Å². The number of hydrogen-bond acceptors (Lipinski definition) is 2. The van der Waals surface area contributed by atoms with E-state index in [1.807, 2.05) is 24.3 Å². The zero-order valence-corrected chi connectivity index (χ0v) is 10.6. The maximum Gasteiger partial charge on any atom is 0.119 e. The molecule has 1 aliphatic rings. The molecule has 1 fully saturated rings. The van der Waals surface area contributed by atoms with Crippen molar-refractivity contribution in [2.24, 2.45) is 10.9 Å². The van der Waals surface area contributed by atoms with Crippen molar-refractivity contribution in [3.8, 4) is 5.75 Å². The highest BCUT2D eigenvalue weighted by Crippen LogP contribution is 2.26. The standard InChI is InChI=1S/C15H21NO/c1-17-15-9-7-14(8-10-15)16-12-11-13-5-3-2-4-6-13/h7-10,12-13H,2-6,11H2,1H3. The van der Waals surface area contributed by atoms with Gasteiger partial charge >= 0.3 is 0 Å². The first-order valence-electron chi connectivity index (χ1n) is 6.55. The minimum absolute atomic E-state index is 0.866. The highest BCUT2D eigenvalue weighted by atomic mass is 16.5. The summed E-state index contributed by atoms with van der Waals surface area (Å²) < 4.78 is 5.12. The average Bonchev–Trinajstić information content (AvgIpc) is 2.41. The first-order chi connectivity index (χ1) is 8.38. The summed E-state index contributed by atoms with van der Waals surface area (Å²) in [7, 11) is 1.68. The van der Waals surface area contributed by atoms with Gasteiger partial charge < -0.3 is 4.74 Å². The van der Waals surface area contributed by atoms with E-state index in [4.69, 9.17) is 4.74 Å². The van der Waals surface area contributed by atoms with Crippen molar-refractivity contribution in [2.75, 3.05) is 7.11 Å². The molecule has 1 aromatic rings. The number of nitrogens with zero attached hydrogens (tertiary/aromatic N) is 1. The van der Waals surface area contributed by atoms with Gasteiger partial charge in [0.05, 0.1) is 12.8 Å². The Hall–Kier alpha value is -1.31. The number of methoxy groups -OCH3 is 1. The predicted octanol–water partition coefficient (Wildman–Crippen LogP) is 4.37. The number of rotatable bonds is 4. The first kappa shape index (κ1) is 12.2. The third kappa shape index (κ3) is 3.88. The molecule has 0 saturated heterocycles. The van der Waals surface area contributed by atoms with Crippen LogP contribution in [0, 0.1) is 5.92 Å². The second-order valence-corrected chi connectivity index (χ2v) is 4.75. The molecule has 2 rings (SSSR count). The molecule has 0 amide bonds. The van der Waals surface area contributed by atoms with E-state index in [-0.39, 0.29) is 0 Å². The molecule has 0 unspecified atom stereocenters. The van der Waals surface area contributed by atoms with E-state index in [1.54, 1.807) is 7.11 Å². The van der Waals surface area contributed by atoms with Gasteiger partial charge in [0.15, 0.2) is 0 Å². The Kier molecular flexibility index (Phi) is 4.60. The Morgan fingerprint density at radius 1 is 1.18 bits per heavy atom. The smallest absolute Gasteiger partial charge is 0.119 e. The van der Waals surface area contributed by atoms with Gasteiger partial charge in [-0.05, 0) is 36.6 Å². The minimum atomic E-state index is 0.866.